The number of rotatable bonds is 6. The van der Waals surface area contributed by atoms with Gasteiger partial charge in [0.05, 0.1) is 17.2 Å². The van der Waals surface area contributed by atoms with Crippen LogP contribution in [-0.2, 0) is 11.2 Å². The fourth-order valence-corrected chi connectivity index (χ4v) is 2.30. The van der Waals surface area contributed by atoms with Gasteiger partial charge in [0.15, 0.2) is 0 Å². The molecule has 22 heavy (non-hydrogen) atoms. The molecule has 1 unspecified atom stereocenters. The van der Waals surface area contributed by atoms with Gasteiger partial charge in [-0.2, -0.15) is 0 Å². The summed E-state index contributed by atoms with van der Waals surface area (Å²) < 4.78 is 5.42. The minimum atomic E-state index is -1.17. The molecule has 0 aliphatic heterocycles. The number of methoxy groups -OCH3 is 1. The Kier molecular flexibility index (Phi) is 4.91. The minimum Gasteiger partial charge on any atom is -0.478 e. The summed E-state index contributed by atoms with van der Waals surface area (Å²) in [5, 5.41) is 18.3. The first kappa shape index (κ1) is 15.7. The first-order valence-electron chi connectivity index (χ1n) is 6.70. The van der Waals surface area contributed by atoms with Gasteiger partial charge in [-0.15, -0.1) is 0 Å². The van der Waals surface area contributed by atoms with Gasteiger partial charge < -0.3 is 14.9 Å². The molecule has 0 aromatic heterocycles. The Balaban J connectivity index is 2.40. The number of carboxylic acids is 2. The normalized spacial score (nSPS) is 11.9. The van der Waals surface area contributed by atoms with Crippen molar-refractivity contribution in [3.8, 4) is 0 Å². The van der Waals surface area contributed by atoms with E-state index in [0.29, 0.717) is 12.0 Å². The van der Waals surface area contributed by atoms with Crippen LogP contribution in [0.15, 0.2) is 48.5 Å². The summed E-state index contributed by atoms with van der Waals surface area (Å²) in [6.45, 7) is 0. The Labute approximate surface area is 127 Å². The quantitative estimate of drug-likeness (QED) is 0.856. The van der Waals surface area contributed by atoms with E-state index in [1.807, 2.05) is 30.3 Å². The molecule has 0 heterocycles. The predicted molar refractivity (Wildman–Crippen MR) is 80.3 cm³/mol. The number of hydrogen-bond donors (Lipinski definition) is 2. The van der Waals surface area contributed by atoms with Crippen LogP contribution in [0, 0.1) is 0 Å². The first-order valence-corrected chi connectivity index (χ1v) is 6.70. The van der Waals surface area contributed by atoms with Gasteiger partial charge in [0, 0.05) is 13.5 Å². The predicted octanol–water partition coefficient (Wildman–Crippen LogP) is 3.01. The average molecular weight is 300 g/mol. The third-order valence-electron chi connectivity index (χ3n) is 3.43. The van der Waals surface area contributed by atoms with Crippen molar-refractivity contribution in [3.63, 3.8) is 0 Å². The molecule has 0 fully saturated rings. The Morgan fingerprint density at radius 2 is 1.73 bits per heavy atom. The molecule has 5 nitrogen and oxygen atoms in total. The number of aromatic carboxylic acids is 2. The van der Waals surface area contributed by atoms with E-state index in [-0.39, 0.29) is 11.1 Å². The summed E-state index contributed by atoms with van der Waals surface area (Å²) in [6.07, 6.45) is 0.0423. The molecule has 0 aliphatic rings. The smallest absolute Gasteiger partial charge is 0.336 e. The Hall–Kier alpha value is -2.66. The van der Waals surface area contributed by atoms with Crippen LogP contribution >= 0.6 is 0 Å². The molecule has 0 saturated heterocycles. The molecule has 0 spiro atoms. The highest BCUT2D eigenvalue weighted by molar-refractivity contribution is 5.95. The molecule has 2 rings (SSSR count). The second-order valence-electron chi connectivity index (χ2n) is 4.83. The second kappa shape index (κ2) is 6.87. The van der Waals surface area contributed by atoms with Crippen LogP contribution in [0.2, 0.25) is 0 Å². The number of ether oxygens (including phenoxy) is 1. The van der Waals surface area contributed by atoms with E-state index in [4.69, 9.17) is 9.84 Å². The Morgan fingerprint density at radius 3 is 2.27 bits per heavy atom. The van der Waals surface area contributed by atoms with E-state index in [0.717, 1.165) is 11.6 Å². The molecule has 1 atom stereocenters. The Bertz CT molecular complexity index is 679. The van der Waals surface area contributed by atoms with Gasteiger partial charge in [-0.3, -0.25) is 0 Å². The van der Waals surface area contributed by atoms with Crippen LogP contribution in [0.25, 0.3) is 0 Å². The van der Waals surface area contributed by atoms with Crippen molar-refractivity contribution >= 4 is 11.9 Å². The summed E-state index contributed by atoms with van der Waals surface area (Å²) >= 11 is 0. The number of benzene rings is 2. The minimum absolute atomic E-state index is 0.0531. The molecule has 0 amide bonds. The zero-order valence-electron chi connectivity index (χ0n) is 12.0. The number of hydrogen-bond acceptors (Lipinski definition) is 3. The van der Waals surface area contributed by atoms with Gasteiger partial charge in [-0.25, -0.2) is 9.59 Å². The summed E-state index contributed by atoms with van der Waals surface area (Å²) in [5.74, 6) is -2.33. The summed E-state index contributed by atoms with van der Waals surface area (Å²) in [6, 6.07) is 13.6. The fourth-order valence-electron chi connectivity index (χ4n) is 2.30. The van der Waals surface area contributed by atoms with Crippen molar-refractivity contribution in [2.45, 2.75) is 12.5 Å². The van der Waals surface area contributed by atoms with Crippen molar-refractivity contribution in [2.24, 2.45) is 0 Å². The van der Waals surface area contributed by atoms with E-state index >= 15 is 0 Å². The third-order valence-corrected chi connectivity index (χ3v) is 3.43. The number of carboxylic acid groups (broad SMARTS) is 2. The maximum Gasteiger partial charge on any atom is 0.336 e. The lowest BCUT2D eigenvalue weighted by Gasteiger charge is -2.18. The van der Waals surface area contributed by atoms with Gasteiger partial charge in [0.2, 0.25) is 0 Å². The highest BCUT2D eigenvalue weighted by Crippen LogP contribution is 2.26. The molecule has 0 aliphatic carbocycles. The summed E-state index contributed by atoms with van der Waals surface area (Å²) in [4.78, 5) is 22.4. The van der Waals surface area contributed by atoms with Gasteiger partial charge >= 0.3 is 11.9 Å². The summed E-state index contributed by atoms with van der Waals surface area (Å²) in [5.41, 5.74) is 1.36. The highest BCUT2D eigenvalue weighted by Gasteiger charge is 2.21. The molecule has 5 heteroatoms. The lowest BCUT2D eigenvalue weighted by molar-refractivity contribution is 0.0677. The monoisotopic (exact) mass is 300 g/mol. The molecule has 2 aromatic carbocycles. The molecular formula is C17H16O5. The SMILES string of the molecule is COC(Cc1ccccc1)c1ccc(C(=O)O)cc1C(=O)O. The van der Waals surface area contributed by atoms with Crippen molar-refractivity contribution < 1.29 is 24.5 Å². The van der Waals surface area contributed by atoms with E-state index in [2.05, 4.69) is 0 Å². The van der Waals surface area contributed by atoms with Gasteiger partial charge in [0.25, 0.3) is 0 Å². The number of carbonyl (C=O) groups is 2. The fraction of sp³-hybridized carbons (Fsp3) is 0.176. The van der Waals surface area contributed by atoms with Gasteiger partial charge in [-0.05, 0) is 23.3 Å². The molecule has 2 aromatic rings. The van der Waals surface area contributed by atoms with Crippen LogP contribution in [0.1, 0.15) is 37.9 Å². The standard InChI is InChI=1S/C17H16O5/c1-22-15(9-11-5-3-2-4-6-11)13-8-7-12(16(18)19)10-14(13)17(20)21/h2-8,10,15H,9H2,1H3,(H,18,19)(H,20,21). The average Bonchev–Trinajstić information content (AvgIpc) is 2.53. The lowest BCUT2D eigenvalue weighted by Crippen LogP contribution is -2.13. The third kappa shape index (κ3) is 3.51. The van der Waals surface area contributed by atoms with Crippen molar-refractivity contribution in [3.05, 3.63) is 70.8 Å². The molecule has 0 radical (unpaired) electrons. The van der Waals surface area contributed by atoms with Crippen molar-refractivity contribution in [2.75, 3.05) is 7.11 Å². The van der Waals surface area contributed by atoms with Crippen molar-refractivity contribution in [1.82, 2.24) is 0 Å². The lowest BCUT2D eigenvalue weighted by atomic mass is 9.95. The zero-order chi connectivity index (χ0) is 16.1. The van der Waals surface area contributed by atoms with E-state index in [1.54, 1.807) is 0 Å². The molecule has 0 saturated carbocycles. The summed E-state index contributed by atoms with van der Waals surface area (Å²) in [7, 11) is 1.50. The van der Waals surface area contributed by atoms with Crippen LogP contribution in [-0.4, -0.2) is 29.3 Å². The van der Waals surface area contributed by atoms with E-state index in [9.17, 15) is 14.7 Å². The largest absolute Gasteiger partial charge is 0.478 e. The molecule has 114 valence electrons. The van der Waals surface area contributed by atoms with Crippen molar-refractivity contribution in [1.29, 1.82) is 0 Å². The highest BCUT2D eigenvalue weighted by atomic mass is 16.5. The van der Waals surface area contributed by atoms with Gasteiger partial charge in [-0.1, -0.05) is 36.4 Å². The maximum atomic E-state index is 11.4. The zero-order valence-corrected chi connectivity index (χ0v) is 12.0. The second-order valence-corrected chi connectivity index (χ2v) is 4.83. The van der Waals surface area contributed by atoms with Crippen LogP contribution in [0.4, 0.5) is 0 Å². The van der Waals surface area contributed by atoms with E-state index in [1.165, 1.54) is 19.2 Å². The molecule has 2 N–H and O–H groups in total. The first-order chi connectivity index (χ1) is 10.5. The Morgan fingerprint density at radius 1 is 1.05 bits per heavy atom. The maximum absolute atomic E-state index is 11.4. The topological polar surface area (TPSA) is 83.8 Å². The van der Waals surface area contributed by atoms with Crippen LogP contribution in [0.5, 0.6) is 0 Å². The van der Waals surface area contributed by atoms with Gasteiger partial charge in [0.1, 0.15) is 0 Å². The van der Waals surface area contributed by atoms with E-state index < -0.39 is 18.0 Å². The molecule has 0 bridgehead atoms. The van der Waals surface area contributed by atoms with Crippen LogP contribution in [0.3, 0.4) is 0 Å². The molecular weight excluding hydrogens is 284 g/mol. The van der Waals surface area contributed by atoms with Crippen LogP contribution < -0.4 is 0 Å².